The molecule has 0 aromatic carbocycles. The summed E-state index contributed by atoms with van der Waals surface area (Å²) in [5.41, 5.74) is 5.96. The predicted octanol–water partition coefficient (Wildman–Crippen LogP) is 1.58. The molecule has 1 saturated heterocycles. The largest absolute Gasteiger partial charge is 0.331 e. The fourth-order valence-electron chi connectivity index (χ4n) is 4.16. The molecule has 1 aliphatic carbocycles. The molecule has 2 rings (SSSR count). The van der Waals surface area contributed by atoms with Gasteiger partial charge in [0.25, 0.3) is 0 Å². The summed E-state index contributed by atoms with van der Waals surface area (Å²) in [6.45, 7) is 5.96. The van der Waals surface area contributed by atoms with Crippen molar-refractivity contribution in [1.29, 1.82) is 0 Å². The van der Waals surface area contributed by atoms with E-state index in [1.54, 1.807) is 4.90 Å². The van der Waals surface area contributed by atoms with Crippen LogP contribution < -0.4 is 5.73 Å². The minimum atomic E-state index is 0.150. The molecule has 0 spiro atoms. The number of nitrogens with two attached hydrogens (primary N) is 1. The number of piperidine rings is 1. The number of carbonyl (C=O) groups is 1. The number of amides is 2. The van der Waals surface area contributed by atoms with Gasteiger partial charge in [0.15, 0.2) is 0 Å². The first-order valence-electron chi connectivity index (χ1n) is 8.50. The molecule has 1 heterocycles. The number of nitrogens with zero attached hydrogens (tertiary/aromatic N) is 3. The first-order chi connectivity index (χ1) is 10.1. The van der Waals surface area contributed by atoms with E-state index in [4.69, 9.17) is 5.73 Å². The van der Waals surface area contributed by atoms with Gasteiger partial charge >= 0.3 is 6.03 Å². The Bertz CT molecular complexity index is 339. The van der Waals surface area contributed by atoms with Crippen LogP contribution in [0, 0.1) is 5.92 Å². The highest BCUT2D eigenvalue weighted by molar-refractivity contribution is 5.73. The molecular formula is C16H32N4O. The van der Waals surface area contributed by atoms with Crippen LogP contribution in [0.5, 0.6) is 0 Å². The van der Waals surface area contributed by atoms with E-state index >= 15 is 0 Å². The second-order valence-corrected chi connectivity index (χ2v) is 6.72. The van der Waals surface area contributed by atoms with Crippen LogP contribution in [0.25, 0.3) is 0 Å². The van der Waals surface area contributed by atoms with Crippen LogP contribution in [0.4, 0.5) is 4.79 Å². The van der Waals surface area contributed by atoms with Gasteiger partial charge in [-0.1, -0.05) is 13.3 Å². The zero-order valence-electron chi connectivity index (χ0n) is 13.9. The summed E-state index contributed by atoms with van der Waals surface area (Å²) >= 11 is 0. The molecule has 5 heteroatoms. The van der Waals surface area contributed by atoms with Crippen molar-refractivity contribution < 1.29 is 4.79 Å². The van der Waals surface area contributed by atoms with Gasteiger partial charge in [-0.05, 0) is 44.7 Å². The van der Waals surface area contributed by atoms with Crippen molar-refractivity contribution in [2.75, 3.05) is 40.3 Å². The number of carbonyl (C=O) groups excluding carboxylic acids is 1. The summed E-state index contributed by atoms with van der Waals surface area (Å²) in [7, 11) is 3.66. The lowest BCUT2D eigenvalue weighted by atomic mass is 9.96. The Morgan fingerprint density at radius 1 is 1.19 bits per heavy atom. The fraction of sp³-hybridized carbons (Fsp3) is 0.938. The average molecular weight is 296 g/mol. The van der Waals surface area contributed by atoms with Crippen LogP contribution in [0.15, 0.2) is 0 Å². The van der Waals surface area contributed by atoms with E-state index in [9.17, 15) is 4.79 Å². The van der Waals surface area contributed by atoms with Gasteiger partial charge in [0.1, 0.15) is 0 Å². The standard InChI is InChI=1S/C16H32N4O/c1-4-20(15-7-5-6-13(15)12-17)14-8-10-19(11-9-14)16(21)18(2)3/h13-15H,4-12,17H2,1-3H3. The molecule has 0 bridgehead atoms. The molecule has 0 radical (unpaired) electrons. The topological polar surface area (TPSA) is 52.8 Å². The van der Waals surface area contributed by atoms with Crippen LogP contribution in [0.3, 0.4) is 0 Å². The Balaban J connectivity index is 1.91. The van der Waals surface area contributed by atoms with Crippen molar-refractivity contribution in [3.05, 3.63) is 0 Å². The SMILES string of the molecule is CCN(C1CCN(C(=O)N(C)C)CC1)C1CCCC1CN. The summed E-state index contributed by atoms with van der Waals surface area (Å²) in [5.74, 6) is 0.673. The van der Waals surface area contributed by atoms with Crippen molar-refractivity contribution in [3.8, 4) is 0 Å². The van der Waals surface area contributed by atoms with Crippen LogP contribution in [-0.4, -0.2) is 73.1 Å². The summed E-state index contributed by atoms with van der Waals surface area (Å²) in [4.78, 5) is 18.4. The minimum Gasteiger partial charge on any atom is -0.331 e. The quantitative estimate of drug-likeness (QED) is 0.857. The highest BCUT2D eigenvalue weighted by atomic mass is 16.2. The molecule has 2 atom stereocenters. The maximum absolute atomic E-state index is 12.0. The summed E-state index contributed by atoms with van der Waals surface area (Å²) < 4.78 is 0. The van der Waals surface area contributed by atoms with Crippen LogP contribution in [0.2, 0.25) is 0 Å². The lowest BCUT2D eigenvalue weighted by Crippen LogP contribution is -2.52. The summed E-state index contributed by atoms with van der Waals surface area (Å²) in [6, 6.07) is 1.44. The molecule has 0 aromatic rings. The van der Waals surface area contributed by atoms with E-state index in [1.165, 1.54) is 19.3 Å². The average Bonchev–Trinajstić information content (AvgIpc) is 2.96. The molecule has 122 valence electrons. The van der Waals surface area contributed by atoms with Gasteiger partial charge in [-0.15, -0.1) is 0 Å². The zero-order chi connectivity index (χ0) is 15.4. The number of likely N-dealkylation sites (tertiary alicyclic amines) is 1. The van der Waals surface area contributed by atoms with Gasteiger partial charge in [-0.25, -0.2) is 4.79 Å². The first kappa shape index (κ1) is 16.6. The Hall–Kier alpha value is -0.810. The highest BCUT2D eigenvalue weighted by Gasteiger charge is 2.35. The third-order valence-electron chi connectivity index (χ3n) is 5.30. The van der Waals surface area contributed by atoms with E-state index in [0.29, 0.717) is 18.0 Å². The van der Waals surface area contributed by atoms with E-state index < -0.39 is 0 Å². The Morgan fingerprint density at radius 3 is 2.38 bits per heavy atom. The molecule has 1 aliphatic heterocycles. The zero-order valence-corrected chi connectivity index (χ0v) is 13.9. The van der Waals surface area contributed by atoms with Crippen LogP contribution in [0.1, 0.15) is 39.0 Å². The van der Waals surface area contributed by atoms with Crippen molar-refractivity contribution in [1.82, 2.24) is 14.7 Å². The van der Waals surface area contributed by atoms with Crippen LogP contribution in [-0.2, 0) is 0 Å². The maximum atomic E-state index is 12.0. The van der Waals surface area contributed by atoms with Gasteiger partial charge in [0.05, 0.1) is 0 Å². The van der Waals surface area contributed by atoms with Gasteiger partial charge in [0.2, 0.25) is 0 Å². The van der Waals surface area contributed by atoms with Gasteiger partial charge in [0, 0.05) is 39.3 Å². The maximum Gasteiger partial charge on any atom is 0.319 e. The molecule has 2 N–H and O–H groups in total. The van der Waals surface area contributed by atoms with E-state index in [-0.39, 0.29) is 6.03 Å². The third-order valence-corrected chi connectivity index (χ3v) is 5.30. The smallest absolute Gasteiger partial charge is 0.319 e. The fourth-order valence-corrected chi connectivity index (χ4v) is 4.16. The van der Waals surface area contributed by atoms with Gasteiger partial charge in [-0.3, -0.25) is 4.90 Å². The second-order valence-electron chi connectivity index (χ2n) is 6.72. The molecule has 2 amide bonds. The Labute approximate surface area is 129 Å². The number of rotatable bonds is 4. The number of hydrogen-bond donors (Lipinski definition) is 1. The van der Waals surface area contributed by atoms with Crippen LogP contribution >= 0.6 is 0 Å². The Morgan fingerprint density at radius 2 is 1.86 bits per heavy atom. The van der Waals surface area contributed by atoms with Gasteiger partial charge < -0.3 is 15.5 Å². The molecule has 1 saturated carbocycles. The van der Waals surface area contributed by atoms with Gasteiger partial charge in [-0.2, -0.15) is 0 Å². The normalized spacial score (nSPS) is 27.4. The lowest BCUT2D eigenvalue weighted by Gasteiger charge is -2.43. The molecule has 21 heavy (non-hydrogen) atoms. The van der Waals surface area contributed by atoms with E-state index in [0.717, 1.165) is 39.0 Å². The van der Waals surface area contributed by atoms with Crippen molar-refractivity contribution in [2.24, 2.45) is 11.7 Å². The number of hydrogen-bond acceptors (Lipinski definition) is 3. The minimum absolute atomic E-state index is 0.150. The molecule has 2 unspecified atom stereocenters. The van der Waals surface area contributed by atoms with E-state index in [1.807, 2.05) is 19.0 Å². The summed E-state index contributed by atoms with van der Waals surface area (Å²) in [5, 5.41) is 0. The monoisotopic (exact) mass is 296 g/mol. The summed E-state index contributed by atoms with van der Waals surface area (Å²) in [6.07, 6.45) is 6.10. The van der Waals surface area contributed by atoms with E-state index in [2.05, 4.69) is 11.8 Å². The van der Waals surface area contributed by atoms with Crippen molar-refractivity contribution in [3.63, 3.8) is 0 Å². The molecule has 2 fully saturated rings. The van der Waals surface area contributed by atoms with Crippen molar-refractivity contribution >= 4 is 6.03 Å². The molecule has 5 nitrogen and oxygen atoms in total. The molecule has 0 aromatic heterocycles. The highest BCUT2D eigenvalue weighted by Crippen LogP contribution is 2.32. The van der Waals surface area contributed by atoms with Crippen molar-refractivity contribution in [2.45, 2.75) is 51.1 Å². The second kappa shape index (κ2) is 7.45. The predicted molar refractivity (Wildman–Crippen MR) is 86.2 cm³/mol. The lowest BCUT2D eigenvalue weighted by molar-refractivity contribution is 0.0672. The number of urea groups is 1. The first-order valence-corrected chi connectivity index (χ1v) is 8.50. The molecular weight excluding hydrogens is 264 g/mol. The Kier molecular flexibility index (Phi) is 5.88. The molecule has 2 aliphatic rings. The third kappa shape index (κ3) is 3.69.